The van der Waals surface area contributed by atoms with Gasteiger partial charge in [-0.25, -0.2) is 4.98 Å². The van der Waals surface area contributed by atoms with Gasteiger partial charge in [-0.3, -0.25) is 9.89 Å². The van der Waals surface area contributed by atoms with Crippen LogP contribution >= 0.6 is 0 Å². The van der Waals surface area contributed by atoms with E-state index in [2.05, 4.69) is 34.3 Å². The van der Waals surface area contributed by atoms with Gasteiger partial charge in [-0.15, -0.1) is 5.10 Å². The molecule has 0 spiro atoms. The molecule has 1 heterocycles. The summed E-state index contributed by atoms with van der Waals surface area (Å²) < 4.78 is 0. The molecule has 5 heteroatoms. The van der Waals surface area contributed by atoms with Gasteiger partial charge in [-0.05, 0) is 31.1 Å². The van der Waals surface area contributed by atoms with Crippen LogP contribution in [0, 0.1) is 5.41 Å². The Kier molecular flexibility index (Phi) is 3.99. The number of H-pyrrole nitrogens is 1. The summed E-state index contributed by atoms with van der Waals surface area (Å²) in [7, 11) is 0. The number of hydrogen-bond acceptors (Lipinski definition) is 3. The van der Waals surface area contributed by atoms with E-state index in [0.717, 1.165) is 25.2 Å². The molecule has 0 atom stereocenters. The Morgan fingerprint density at radius 2 is 2.17 bits per heavy atom. The molecular formula is C13H22N4O. The maximum atomic E-state index is 11.9. The molecule has 100 valence electrons. The average molecular weight is 250 g/mol. The lowest BCUT2D eigenvalue weighted by atomic mass is 10.0. The number of aromatic amines is 1. The zero-order valence-corrected chi connectivity index (χ0v) is 11.3. The van der Waals surface area contributed by atoms with Crippen molar-refractivity contribution < 1.29 is 4.79 Å². The van der Waals surface area contributed by atoms with Crippen LogP contribution in [0.1, 0.15) is 62.4 Å². The Bertz CT molecular complexity index is 409. The Labute approximate surface area is 108 Å². The van der Waals surface area contributed by atoms with Gasteiger partial charge < -0.3 is 5.32 Å². The number of nitrogens with zero attached hydrogens (tertiary/aromatic N) is 2. The van der Waals surface area contributed by atoms with E-state index in [1.165, 1.54) is 25.7 Å². The summed E-state index contributed by atoms with van der Waals surface area (Å²) in [4.78, 5) is 16.1. The highest BCUT2D eigenvalue weighted by Crippen LogP contribution is 2.48. The van der Waals surface area contributed by atoms with Crippen LogP contribution in [0.25, 0.3) is 0 Å². The normalized spacial score (nSPS) is 16.6. The van der Waals surface area contributed by atoms with Crippen LogP contribution in [0.15, 0.2) is 0 Å². The highest BCUT2D eigenvalue weighted by molar-refractivity contribution is 5.90. The second kappa shape index (κ2) is 5.50. The van der Waals surface area contributed by atoms with Gasteiger partial charge in [-0.2, -0.15) is 0 Å². The molecule has 0 bridgehead atoms. The lowest BCUT2D eigenvalue weighted by molar-refractivity contribution is 0.0933. The second-order valence-electron chi connectivity index (χ2n) is 5.29. The standard InChI is InChI=1S/C13H22N4O/c1-3-5-10-15-11(17-16-10)12(18)14-9-13(6-4-2)7-8-13/h3-9H2,1-2H3,(H,14,18)(H,15,16,17). The van der Waals surface area contributed by atoms with Crippen LogP contribution in [0.5, 0.6) is 0 Å². The van der Waals surface area contributed by atoms with Gasteiger partial charge in [0, 0.05) is 13.0 Å². The van der Waals surface area contributed by atoms with Crippen molar-refractivity contribution in [3.8, 4) is 0 Å². The van der Waals surface area contributed by atoms with Crippen LogP contribution in [0.4, 0.5) is 0 Å². The van der Waals surface area contributed by atoms with E-state index in [0.29, 0.717) is 5.41 Å². The maximum Gasteiger partial charge on any atom is 0.290 e. The number of carbonyl (C=O) groups is 1. The third kappa shape index (κ3) is 3.09. The Balaban J connectivity index is 1.83. The number of aryl methyl sites for hydroxylation is 1. The van der Waals surface area contributed by atoms with Crippen molar-refractivity contribution in [3.05, 3.63) is 11.6 Å². The summed E-state index contributed by atoms with van der Waals surface area (Å²) in [5.41, 5.74) is 0.368. The van der Waals surface area contributed by atoms with Gasteiger partial charge in [0.2, 0.25) is 5.82 Å². The second-order valence-corrected chi connectivity index (χ2v) is 5.29. The van der Waals surface area contributed by atoms with E-state index in [9.17, 15) is 4.79 Å². The molecule has 1 aromatic rings. The fourth-order valence-corrected chi connectivity index (χ4v) is 2.31. The van der Waals surface area contributed by atoms with Crippen LogP contribution in [0.2, 0.25) is 0 Å². The monoisotopic (exact) mass is 250 g/mol. The van der Waals surface area contributed by atoms with Crippen molar-refractivity contribution in [1.29, 1.82) is 0 Å². The molecule has 0 radical (unpaired) electrons. The van der Waals surface area contributed by atoms with E-state index >= 15 is 0 Å². The maximum absolute atomic E-state index is 11.9. The molecule has 18 heavy (non-hydrogen) atoms. The topological polar surface area (TPSA) is 70.7 Å². The zero-order valence-electron chi connectivity index (χ0n) is 11.3. The number of hydrogen-bond donors (Lipinski definition) is 2. The number of nitrogens with one attached hydrogen (secondary N) is 2. The SMILES string of the molecule is CCCc1nc(C(=O)NCC2(CCC)CC2)n[nH]1. The summed E-state index contributed by atoms with van der Waals surface area (Å²) in [5.74, 6) is 0.902. The summed E-state index contributed by atoms with van der Waals surface area (Å²) in [6.07, 6.45) is 6.67. The first-order chi connectivity index (χ1) is 8.69. The number of amides is 1. The summed E-state index contributed by atoms with van der Waals surface area (Å²) in [6.45, 7) is 5.02. The fraction of sp³-hybridized carbons (Fsp3) is 0.769. The molecule has 1 aliphatic carbocycles. The molecule has 1 saturated carbocycles. The molecule has 1 amide bonds. The third-order valence-corrected chi connectivity index (χ3v) is 3.58. The Morgan fingerprint density at radius 1 is 1.39 bits per heavy atom. The highest BCUT2D eigenvalue weighted by atomic mass is 16.2. The predicted octanol–water partition coefficient (Wildman–Crippen LogP) is 2.07. The molecule has 1 aliphatic rings. The minimum absolute atomic E-state index is 0.156. The predicted molar refractivity (Wildman–Crippen MR) is 69.3 cm³/mol. The molecule has 2 N–H and O–H groups in total. The van der Waals surface area contributed by atoms with Gasteiger partial charge >= 0.3 is 0 Å². The summed E-state index contributed by atoms with van der Waals surface area (Å²) in [5, 5.41) is 9.72. The minimum Gasteiger partial charge on any atom is -0.349 e. The van der Waals surface area contributed by atoms with Gasteiger partial charge in [0.05, 0.1) is 0 Å². The van der Waals surface area contributed by atoms with E-state index in [4.69, 9.17) is 0 Å². The van der Waals surface area contributed by atoms with Gasteiger partial charge in [0.25, 0.3) is 5.91 Å². The molecule has 0 aliphatic heterocycles. The lowest BCUT2D eigenvalue weighted by Gasteiger charge is -2.13. The molecule has 1 aromatic heterocycles. The minimum atomic E-state index is -0.156. The molecule has 0 unspecified atom stereocenters. The van der Waals surface area contributed by atoms with Gasteiger partial charge in [0.15, 0.2) is 0 Å². The Morgan fingerprint density at radius 3 is 2.78 bits per heavy atom. The van der Waals surface area contributed by atoms with Crippen molar-refractivity contribution in [2.24, 2.45) is 5.41 Å². The summed E-state index contributed by atoms with van der Waals surface area (Å²) in [6, 6.07) is 0. The van der Waals surface area contributed by atoms with Crippen LogP contribution in [-0.2, 0) is 6.42 Å². The molecular weight excluding hydrogens is 228 g/mol. The van der Waals surface area contributed by atoms with E-state index in [-0.39, 0.29) is 11.7 Å². The zero-order chi connectivity index (χ0) is 13.0. The van der Waals surface area contributed by atoms with Crippen molar-refractivity contribution in [1.82, 2.24) is 20.5 Å². The first-order valence-corrected chi connectivity index (χ1v) is 6.88. The number of rotatable bonds is 7. The van der Waals surface area contributed by atoms with Crippen LogP contribution in [-0.4, -0.2) is 27.6 Å². The first kappa shape index (κ1) is 13.1. The van der Waals surface area contributed by atoms with Crippen molar-refractivity contribution >= 4 is 5.91 Å². The molecule has 0 saturated heterocycles. The van der Waals surface area contributed by atoms with Crippen LogP contribution in [0.3, 0.4) is 0 Å². The third-order valence-electron chi connectivity index (χ3n) is 3.58. The molecule has 1 fully saturated rings. The van der Waals surface area contributed by atoms with E-state index in [1.807, 2.05) is 0 Å². The molecule has 2 rings (SSSR count). The number of carbonyl (C=O) groups excluding carboxylic acids is 1. The number of aromatic nitrogens is 3. The smallest absolute Gasteiger partial charge is 0.290 e. The lowest BCUT2D eigenvalue weighted by Crippen LogP contribution is -2.31. The summed E-state index contributed by atoms with van der Waals surface area (Å²) >= 11 is 0. The Hall–Kier alpha value is -1.39. The first-order valence-electron chi connectivity index (χ1n) is 6.88. The van der Waals surface area contributed by atoms with Crippen LogP contribution < -0.4 is 5.32 Å². The van der Waals surface area contributed by atoms with Crippen molar-refractivity contribution in [3.63, 3.8) is 0 Å². The van der Waals surface area contributed by atoms with Gasteiger partial charge in [0.1, 0.15) is 5.82 Å². The van der Waals surface area contributed by atoms with Gasteiger partial charge in [-0.1, -0.05) is 20.3 Å². The molecule has 5 nitrogen and oxygen atoms in total. The van der Waals surface area contributed by atoms with Crippen molar-refractivity contribution in [2.45, 2.75) is 52.4 Å². The highest BCUT2D eigenvalue weighted by Gasteiger charge is 2.41. The van der Waals surface area contributed by atoms with E-state index < -0.39 is 0 Å². The fourth-order valence-electron chi connectivity index (χ4n) is 2.31. The average Bonchev–Trinajstić information content (AvgIpc) is 2.96. The quantitative estimate of drug-likeness (QED) is 0.778. The largest absolute Gasteiger partial charge is 0.349 e. The molecule has 0 aromatic carbocycles. The van der Waals surface area contributed by atoms with E-state index in [1.54, 1.807) is 0 Å². The van der Waals surface area contributed by atoms with Crippen molar-refractivity contribution in [2.75, 3.05) is 6.54 Å².